The molecule has 3 heterocycles. The zero-order valence-electron chi connectivity index (χ0n) is 13.5. The summed E-state index contributed by atoms with van der Waals surface area (Å²) in [6, 6.07) is 2.10. The number of hydrogen-bond acceptors (Lipinski definition) is 4. The van der Waals surface area contributed by atoms with E-state index in [1.54, 1.807) is 0 Å². The summed E-state index contributed by atoms with van der Waals surface area (Å²) in [5.41, 5.74) is 3.61. The lowest BCUT2D eigenvalue weighted by Crippen LogP contribution is -2.10. The minimum atomic E-state index is 0.770. The number of rotatable bonds is 1. The van der Waals surface area contributed by atoms with E-state index < -0.39 is 0 Å². The zero-order valence-corrected chi connectivity index (χ0v) is 14.3. The summed E-state index contributed by atoms with van der Waals surface area (Å²) in [6.07, 6.45) is 3.56. The lowest BCUT2D eigenvalue weighted by molar-refractivity contribution is 0.509. The Bertz CT molecular complexity index is 875. The summed E-state index contributed by atoms with van der Waals surface area (Å²) in [4.78, 5) is 12.1. The first-order valence-corrected chi connectivity index (χ1v) is 8.67. The normalized spacial score (nSPS) is 17.9. The van der Waals surface area contributed by atoms with Gasteiger partial charge in [0.2, 0.25) is 0 Å². The summed E-state index contributed by atoms with van der Waals surface area (Å²) in [5, 5.41) is 5.87. The predicted octanol–water partition coefficient (Wildman–Crippen LogP) is 3.93. The van der Waals surface area contributed by atoms with Gasteiger partial charge in [0.1, 0.15) is 10.7 Å². The van der Waals surface area contributed by atoms with Gasteiger partial charge in [-0.3, -0.25) is 0 Å². The van der Waals surface area contributed by atoms with Gasteiger partial charge in [-0.2, -0.15) is 5.10 Å². The van der Waals surface area contributed by atoms with Crippen LogP contribution in [0, 0.1) is 26.7 Å². The first-order chi connectivity index (χ1) is 10.5. The van der Waals surface area contributed by atoms with Crippen LogP contribution in [-0.4, -0.2) is 19.7 Å². The molecule has 114 valence electrons. The third-order valence-corrected chi connectivity index (χ3v) is 5.61. The molecule has 22 heavy (non-hydrogen) atoms. The van der Waals surface area contributed by atoms with E-state index in [1.165, 1.54) is 28.7 Å². The van der Waals surface area contributed by atoms with Crippen molar-refractivity contribution in [3.8, 4) is 5.82 Å². The van der Waals surface area contributed by atoms with Gasteiger partial charge in [-0.1, -0.05) is 6.92 Å². The first-order valence-electron chi connectivity index (χ1n) is 7.85. The Hall–Kier alpha value is -1.75. The molecule has 0 saturated heterocycles. The molecule has 0 spiro atoms. The van der Waals surface area contributed by atoms with Crippen molar-refractivity contribution in [1.29, 1.82) is 0 Å². The number of fused-ring (bicyclic) bond motifs is 3. The standard InChI is InChI=1S/C17H20N4S/c1-9-5-6-13-14(7-9)22-17-15(13)16(18-12(4)19-17)21-11(3)8-10(2)20-21/h8-9H,5-7H2,1-4H3/t9-/m1/s1. The van der Waals surface area contributed by atoms with Gasteiger partial charge in [-0.15, -0.1) is 11.3 Å². The molecule has 5 heteroatoms. The van der Waals surface area contributed by atoms with Crippen molar-refractivity contribution >= 4 is 21.6 Å². The van der Waals surface area contributed by atoms with E-state index in [0.29, 0.717) is 0 Å². The minimum Gasteiger partial charge on any atom is -0.222 e. The molecule has 0 radical (unpaired) electrons. The van der Waals surface area contributed by atoms with Crippen molar-refractivity contribution < 1.29 is 0 Å². The van der Waals surface area contributed by atoms with Gasteiger partial charge in [0, 0.05) is 10.6 Å². The van der Waals surface area contributed by atoms with Gasteiger partial charge in [0.25, 0.3) is 0 Å². The van der Waals surface area contributed by atoms with Crippen LogP contribution in [0.4, 0.5) is 0 Å². The second-order valence-corrected chi connectivity index (χ2v) is 7.55. The second kappa shape index (κ2) is 4.88. The molecule has 4 nitrogen and oxygen atoms in total. The summed E-state index contributed by atoms with van der Waals surface area (Å²) < 4.78 is 1.98. The Balaban J connectivity index is 2.04. The maximum absolute atomic E-state index is 4.74. The molecule has 0 aliphatic heterocycles. The predicted molar refractivity (Wildman–Crippen MR) is 89.9 cm³/mol. The molecule has 3 aromatic heterocycles. The van der Waals surface area contributed by atoms with Crippen LogP contribution in [0.1, 0.15) is 41.0 Å². The molecule has 0 unspecified atom stereocenters. The van der Waals surface area contributed by atoms with Gasteiger partial charge in [-0.25, -0.2) is 14.6 Å². The molecule has 0 N–H and O–H groups in total. The number of aromatic nitrogens is 4. The van der Waals surface area contributed by atoms with Crippen LogP contribution in [-0.2, 0) is 12.8 Å². The molecule has 0 saturated carbocycles. The third kappa shape index (κ3) is 2.07. The van der Waals surface area contributed by atoms with Crippen molar-refractivity contribution in [2.45, 2.75) is 47.0 Å². The van der Waals surface area contributed by atoms with Gasteiger partial charge in [-0.05, 0) is 57.6 Å². The highest BCUT2D eigenvalue weighted by Gasteiger charge is 2.24. The van der Waals surface area contributed by atoms with E-state index in [0.717, 1.165) is 40.2 Å². The van der Waals surface area contributed by atoms with Gasteiger partial charge in [0.05, 0.1) is 11.1 Å². The van der Waals surface area contributed by atoms with Crippen LogP contribution in [0.25, 0.3) is 16.0 Å². The highest BCUT2D eigenvalue weighted by molar-refractivity contribution is 7.18. The smallest absolute Gasteiger partial charge is 0.166 e. The summed E-state index contributed by atoms with van der Waals surface area (Å²) in [7, 11) is 0. The van der Waals surface area contributed by atoms with Crippen LogP contribution < -0.4 is 0 Å². The highest BCUT2D eigenvalue weighted by atomic mass is 32.1. The van der Waals surface area contributed by atoms with Crippen molar-refractivity contribution in [2.75, 3.05) is 0 Å². The molecule has 1 atom stereocenters. The molecule has 3 aromatic rings. The monoisotopic (exact) mass is 312 g/mol. The average Bonchev–Trinajstić information content (AvgIpc) is 2.96. The van der Waals surface area contributed by atoms with Crippen LogP contribution in [0.5, 0.6) is 0 Å². The number of hydrogen-bond donors (Lipinski definition) is 0. The SMILES string of the molecule is Cc1cc(C)n(-c2nc(C)nc3sc4c(c23)CC[C@@H](C)C4)n1. The Kier molecular flexibility index (Phi) is 3.08. The molecular weight excluding hydrogens is 292 g/mol. The van der Waals surface area contributed by atoms with E-state index in [4.69, 9.17) is 9.97 Å². The van der Waals surface area contributed by atoms with Crippen molar-refractivity contribution in [1.82, 2.24) is 19.7 Å². The fourth-order valence-electron chi connectivity index (χ4n) is 3.42. The molecular formula is C17H20N4S. The Morgan fingerprint density at radius 3 is 2.77 bits per heavy atom. The number of thiophene rings is 1. The summed E-state index contributed by atoms with van der Waals surface area (Å²) in [5.74, 6) is 2.55. The first kappa shape index (κ1) is 13.9. The molecule has 1 aliphatic carbocycles. The number of aryl methyl sites for hydroxylation is 4. The van der Waals surface area contributed by atoms with E-state index >= 15 is 0 Å². The fraction of sp³-hybridized carbons (Fsp3) is 0.471. The molecule has 0 amide bonds. The van der Waals surface area contributed by atoms with Gasteiger partial charge < -0.3 is 0 Å². The van der Waals surface area contributed by atoms with Crippen LogP contribution in [0.3, 0.4) is 0 Å². The van der Waals surface area contributed by atoms with E-state index in [9.17, 15) is 0 Å². The topological polar surface area (TPSA) is 43.6 Å². The van der Waals surface area contributed by atoms with Crippen LogP contribution in [0.15, 0.2) is 6.07 Å². The van der Waals surface area contributed by atoms with E-state index in [-0.39, 0.29) is 0 Å². The highest BCUT2D eigenvalue weighted by Crippen LogP contribution is 2.39. The quantitative estimate of drug-likeness (QED) is 0.684. The van der Waals surface area contributed by atoms with E-state index in [1.807, 2.05) is 29.9 Å². The summed E-state index contributed by atoms with van der Waals surface area (Å²) in [6.45, 7) is 8.42. The fourth-order valence-corrected chi connectivity index (χ4v) is 4.85. The Labute approximate surface area is 134 Å². The van der Waals surface area contributed by atoms with Crippen LogP contribution >= 0.6 is 11.3 Å². The van der Waals surface area contributed by atoms with Crippen molar-refractivity contribution in [3.05, 3.63) is 33.7 Å². The minimum absolute atomic E-state index is 0.770. The largest absolute Gasteiger partial charge is 0.222 e. The van der Waals surface area contributed by atoms with Gasteiger partial charge >= 0.3 is 0 Å². The zero-order chi connectivity index (χ0) is 15.4. The van der Waals surface area contributed by atoms with Crippen molar-refractivity contribution in [3.63, 3.8) is 0 Å². The van der Waals surface area contributed by atoms with Crippen LogP contribution in [0.2, 0.25) is 0 Å². The molecule has 0 fully saturated rings. The lowest BCUT2D eigenvalue weighted by atomic mass is 9.89. The molecule has 0 bridgehead atoms. The maximum Gasteiger partial charge on any atom is 0.166 e. The Morgan fingerprint density at radius 1 is 1.23 bits per heavy atom. The maximum atomic E-state index is 4.74. The third-order valence-electron chi connectivity index (χ3n) is 4.46. The molecule has 4 rings (SSSR count). The Morgan fingerprint density at radius 2 is 2.05 bits per heavy atom. The van der Waals surface area contributed by atoms with Crippen molar-refractivity contribution in [2.24, 2.45) is 5.92 Å². The second-order valence-electron chi connectivity index (χ2n) is 6.47. The average molecular weight is 312 g/mol. The van der Waals surface area contributed by atoms with E-state index in [2.05, 4.69) is 25.0 Å². The summed E-state index contributed by atoms with van der Waals surface area (Å²) >= 11 is 1.85. The molecule has 0 aromatic carbocycles. The number of nitrogens with zero attached hydrogens (tertiary/aromatic N) is 4. The lowest BCUT2D eigenvalue weighted by Gasteiger charge is -2.18. The van der Waals surface area contributed by atoms with Gasteiger partial charge in [0.15, 0.2) is 5.82 Å². The molecule has 1 aliphatic rings.